The van der Waals surface area contributed by atoms with Gasteiger partial charge in [-0.05, 0) is 31.2 Å². The van der Waals surface area contributed by atoms with E-state index in [1.165, 1.54) is 0 Å². The van der Waals surface area contributed by atoms with E-state index in [-0.39, 0.29) is 18.3 Å². The second-order valence-electron chi connectivity index (χ2n) is 5.92. The van der Waals surface area contributed by atoms with Crippen LogP contribution < -0.4 is 15.4 Å². The van der Waals surface area contributed by atoms with Gasteiger partial charge in [-0.25, -0.2) is 0 Å². The van der Waals surface area contributed by atoms with E-state index in [1.54, 1.807) is 13.2 Å². The number of benzene rings is 1. The third-order valence-electron chi connectivity index (χ3n) is 4.00. The molecule has 7 heteroatoms. The van der Waals surface area contributed by atoms with Crippen molar-refractivity contribution < 1.29 is 14.3 Å². The molecule has 1 saturated heterocycles. The van der Waals surface area contributed by atoms with Crippen LogP contribution in [0.3, 0.4) is 0 Å². The summed E-state index contributed by atoms with van der Waals surface area (Å²) in [4.78, 5) is 14.6. The highest BCUT2D eigenvalue weighted by molar-refractivity contribution is 5.94. The Kier molecular flexibility index (Phi) is 11.2. The van der Waals surface area contributed by atoms with E-state index in [0.29, 0.717) is 25.3 Å². The van der Waals surface area contributed by atoms with Crippen LogP contribution in [0, 0.1) is 0 Å². The summed E-state index contributed by atoms with van der Waals surface area (Å²) in [6.07, 6.45) is 1.80. The van der Waals surface area contributed by atoms with E-state index < -0.39 is 0 Å². The fraction of sp³-hybridized carbons (Fsp3) is 0.611. The summed E-state index contributed by atoms with van der Waals surface area (Å²) in [6.45, 7) is 7.29. The maximum absolute atomic E-state index is 12.2. The largest absolute Gasteiger partial charge is 0.493 e. The van der Waals surface area contributed by atoms with Gasteiger partial charge in [-0.2, -0.15) is 0 Å². The van der Waals surface area contributed by atoms with Crippen molar-refractivity contribution in [2.45, 2.75) is 12.8 Å². The number of rotatable bonds is 10. The molecule has 0 unspecified atom stereocenters. The third-order valence-corrected chi connectivity index (χ3v) is 4.00. The van der Waals surface area contributed by atoms with Crippen LogP contribution in [-0.4, -0.2) is 70.4 Å². The lowest BCUT2D eigenvalue weighted by molar-refractivity contribution is 0.0950. The van der Waals surface area contributed by atoms with Crippen LogP contribution >= 0.6 is 12.4 Å². The van der Waals surface area contributed by atoms with E-state index in [9.17, 15) is 4.79 Å². The van der Waals surface area contributed by atoms with Crippen molar-refractivity contribution in [2.24, 2.45) is 0 Å². The molecule has 1 fully saturated rings. The van der Waals surface area contributed by atoms with E-state index >= 15 is 0 Å². The Labute approximate surface area is 156 Å². The van der Waals surface area contributed by atoms with Crippen LogP contribution in [-0.2, 0) is 4.74 Å². The quantitative estimate of drug-likeness (QED) is 0.611. The Morgan fingerprint density at radius 3 is 2.80 bits per heavy atom. The van der Waals surface area contributed by atoms with Crippen LogP contribution in [0.4, 0.5) is 0 Å². The lowest BCUT2D eigenvalue weighted by Crippen LogP contribution is -2.44. The smallest absolute Gasteiger partial charge is 0.251 e. The number of ether oxygens (including phenoxy) is 2. The monoisotopic (exact) mass is 371 g/mol. The highest BCUT2D eigenvalue weighted by Crippen LogP contribution is 2.13. The molecule has 0 aliphatic carbocycles. The minimum absolute atomic E-state index is 0. The molecule has 1 aliphatic heterocycles. The van der Waals surface area contributed by atoms with Gasteiger partial charge in [-0.15, -0.1) is 12.4 Å². The van der Waals surface area contributed by atoms with Gasteiger partial charge in [0.2, 0.25) is 0 Å². The molecule has 25 heavy (non-hydrogen) atoms. The maximum Gasteiger partial charge on any atom is 0.251 e. The molecule has 2 rings (SSSR count). The topological polar surface area (TPSA) is 62.8 Å². The SMILES string of the molecule is COCCCOc1cccc(C(=O)NCCCN2CCNCC2)c1.Cl. The molecular formula is C18H30ClN3O3. The van der Waals surface area contributed by atoms with Crippen LogP contribution in [0.2, 0.25) is 0 Å². The summed E-state index contributed by atoms with van der Waals surface area (Å²) in [6, 6.07) is 7.32. The maximum atomic E-state index is 12.2. The summed E-state index contributed by atoms with van der Waals surface area (Å²) < 4.78 is 10.6. The Bertz CT molecular complexity index is 496. The van der Waals surface area contributed by atoms with Crippen LogP contribution in [0.1, 0.15) is 23.2 Å². The first-order valence-corrected chi connectivity index (χ1v) is 8.72. The average molecular weight is 372 g/mol. The third kappa shape index (κ3) is 8.54. The van der Waals surface area contributed by atoms with Gasteiger partial charge in [0.1, 0.15) is 5.75 Å². The molecule has 6 nitrogen and oxygen atoms in total. The number of hydrogen-bond donors (Lipinski definition) is 2. The van der Waals surface area contributed by atoms with Crippen LogP contribution in [0.25, 0.3) is 0 Å². The highest BCUT2D eigenvalue weighted by Gasteiger charge is 2.10. The molecule has 1 heterocycles. The first-order valence-electron chi connectivity index (χ1n) is 8.72. The summed E-state index contributed by atoms with van der Waals surface area (Å²) in [7, 11) is 1.67. The number of nitrogens with one attached hydrogen (secondary N) is 2. The molecule has 1 aliphatic rings. The zero-order valence-electron chi connectivity index (χ0n) is 15.0. The predicted octanol–water partition coefficient (Wildman–Crippen LogP) is 1.55. The second-order valence-corrected chi connectivity index (χ2v) is 5.92. The van der Waals surface area contributed by atoms with Gasteiger partial charge >= 0.3 is 0 Å². The first-order chi connectivity index (χ1) is 11.8. The number of amides is 1. The lowest BCUT2D eigenvalue weighted by Gasteiger charge is -2.27. The van der Waals surface area contributed by atoms with Gasteiger partial charge in [0.15, 0.2) is 0 Å². The van der Waals surface area contributed by atoms with Crippen molar-refractivity contribution in [3.05, 3.63) is 29.8 Å². The second kappa shape index (κ2) is 12.9. The van der Waals surface area contributed by atoms with Crippen molar-refractivity contribution in [3.8, 4) is 5.75 Å². The fourth-order valence-corrected chi connectivity index (χ4v) is 2.66. The van der Waals surface area contributed by atoms with Gasteiger partial charge in [-0.1, -0.05) is 6.07 Å². The summed E-state index contributed by atoms with van der Waals surface area (Å²) >= 11 is 0. The highest BCUT2D eigenvalue weighted by atomic mass is 35.5. The molecule has 0 saturated carbocycles. The van der Waals surface area contributed by atoms with Crippen molar-refractivity contribution >= 4 is 18.3 Å². The molecule has 0 atom stereocenters. The van der Waals surface area contributed by atoms with Crippen molar-refractivity contribution in [2.75, 3.05) is 59.6 Å². The zero-order valence-corrected chi connectivity index (χ0v) is 15.8. The Balaban J connectivity index is 0.00000312. The molecule has 1 aromatic rings. The molecule has 1 aromatic carbocycles. The number of nitrogens with zero attached hydrogens (tertiary/aromatic N) is 1. The number of carbonyl (C=O) groups is 1. The van der Waals surface area contributed by atoms with Gasteiger partial charge in [0.25, 0.3) is 5.91 Å². The molecule has 1 amide bonds. The van der Waals surface area contributed by atoms with E-state index in [2.05, 4.69) is 15.5 Å². The summed E-state index contributed by atoms with van der Waals surface area (Å²) in [5.74, 6) is 0.678. The molecule has 0 spiro atoms. The number of halogens is 1. The molecule has 0 bridgehead atoms. The van der Waals surface area contributed by atoms with Gasteiger partial charge in [0.05, 0.1) is 6.61 Å². The van der Waals surface area contributed by atoms with Crippen LogP contribution in [0.5, 0.6) is 5.75 Å². The number of methoxy groups -OCH3 is 1. The molecule has 2 N–H and O–H groups in total. The Hall–Kier alpha value is -1.34. The van der Waals surface area contributed by atoms with Gasteiger partial charge in [0, 0.05) is 58.4 Å². The molecule has 0 aromatic heterocycles. The van der Waals surface area contributed by atoms with Crippen LogP contribution in [0.15, 0.2) is 24.3 Å². The van der Waals surface area contributed by atoms with Gasteiger partial charge < -0.3 is 25.0 Å². The minimum Gasteiger partial charge on any atom is -0.493 e. The Morgan fingerprint density at radius 1 is 1.24 bits per heavy atom. The minimum atomic E-state index is -0.0438. The Morgan fingerprint density at radius 2 is 2.04 bits per heavy atom. The fourth-order valence-electron chi connectivity index (χ4n) is 2.66. The number of carbonyl (C=O) groups excluding carboxylic acids is 1. The predicted molar refractivity (Wildman–Crippen MR) is 102 cm³/mol. The van der Waals surface area contributed by atoms with Gasteiger partial charge in [-0.3, -0.25) is 4.79 Å². The van der Waals surface area contributed by atoms with Crippen molar-refractivity contribution in [1.82, 2.24) is 15.5 Å². The summed E-state index contributed by atoms with van der Waals surface area (Å²) in [5.41, 5.74) is 0.640. The molecular weight excluding hydrogens is 342 g/mol. The number of piperazine rings is 1. The van der Waals surface area contributed by atoms with E-state index in [0.717, 1.165) is 51.3 Å². The average Bonchev–Trinajstić information content (AvgIpc) is 2.63. The first kappa shape index (κ1) is 21.7. The van der Waals surface area contributed by atoms with E-state index in [1.807, 2.05) is 18.2 Å². The molecule has 0 radical (unpaired) electrons. The number of hydrogen-bond acceptors (Lipinski definition) is 5. The standard InChI is InChI=1S/C18H29N3O3.ClH/c1-23-13-4-14-24-17-6-2-5-16(15-17)18(22)20-7-3-10-21-11-8-19-9-12-21;/h2,5-6,15,19H,3-4,7-14H2,1H3,(H,20,22);1H. The van der Waals surface area contributed by atoms with E-state index in [4.69, 9.17) is 9.47 Å². The van der Waals surface area contributed by atoms with Crippen molar-refractivity contribution in [1.29, 1.82) is 0 Å². The summed E-state index contributed by atoms with van der Waals surface area (Å²) in [5, 5.41) is 6.33. The lowest BCUT2D eigenvalue weighted by atomic mass is 10.2. The van der Waals surface area contributed by atoms with Crippen molar-refractivity contribution in [3.63, 3.8) is 0 Å². The molecule has 142 valence electrons. The zero-order chi connectivity index (χ0) is 17.0. The normalized spacial score (nSPS) is 14.6.